The van der Waals surface area contributed by atoms with Gasteiger partial charge in [-0.3, -0.25) is 14.4 Å². The van der Waals surface area contributed by atoms with Crippen LogP contribution in [0.3, 0.4) is 0 Å². The minimum absolute atomic E-state index is 0. The zero-order chi connectivity index (χ0) is 12.6. The second kappa shape index (κ2) is 10.9. The number of rotatable bonds is 6. The SMILES string of the molecule is CCN(CC)C(N(CC)CC)=[N+](CC)CC.[Br-]. The molecule has 0 aromatic rings. The van der Waals surface area contributed by atoms with E-state index in [9.17, 15) is 0 Å². The predicted octanol–water partition coefficient (Wildman–Crippen LogP) is -0.918. The van der Waals surface area contributed by atoms with Crippen LogP contribution >= 0.6 is 0 Å². The second-order valence-electron chi connectivity index (χ2n) is 3.82. The Labute approximate surface area is 118 Å². The average Bonchev–Trinajstić information content (AvgIpc) is 2.33. The van der Waals surface area contributed by atoms with E-state index in [2.05, 4.69) is 55.9 Å². The monoisotopic (exact) mass is 307 g/mol. The van der Waals surface area contributed by atoms with Crippen LogP contribution in [0.2, 0.25) is 0 Å². The maximum absolute atomic E-state index is 2.46. The van der Waals surface area contributed by atoms with Gasteiger partial charge >= 0.3 is 5.96 Å². The number of hydrogen-bond acceptors (Lipinski definition) is 0. The molecule has 0 aliphatic rings. The summed E-state index contributed by atoms with van der Waals surface area (Å²) in [6, 6.07) is 0. The van der Waals surface area contributed by atoms with Crippen LogP contribution in [0.4, 0.5) is 0 Å². The molecule has 0 saturated heterocycles. The molecule has 0 fully saturated rings. The maximum Gasteiger partial charge on any atom is 0.350 e. The van der Waals surface area contributed by atoms with Crippen LogP contribution in [0.5, 0.6) is 0 Å². The molecule has 104 valence electrons. The first-order valence-corrected chi connectivity index (χ1v) is 6.81. The van der Waals surface area contributed by atoms with Gasteiger partial charge in [-0.2, -0.15) is 0 Å². The molecule has 0 unspecified atom stereocenters. The summed E-state index contributed by atoms with van der Waals surface area (Å²) in [5, 5.41) is 0. The average molecular weight is 308 g/mol. The van der Waals surface area contributed by atoms with Gasteiger partial charge in [-0.15, -0.1) is 0 Å². The lowest BCUT2D eigenvalue weighted by atomic mass is 10.4. The van der Waals surface area contributed by atoms with Crippen molar-refractivity contribution in [3.05, 3.63) is 0 Å². The van der Waals surface area contributed by atoms with Crippen molar-refractivity contribution in [2.45, 2.75) is 41.5 Å². The van der Waals surface area contributed by atoms with E-state index in [1.54, 1.807) is 0 Å². The molecule has 0 spiro atoms. The summed E-state index contributed by atoms with van der Waals surface area (Å²) < 4.78 is 2.46. The normalized spacial score (nSPS) is 9.53. The van der Waals surface area contributed by atoms with E-state index in [-0.39, 0.29) is 17.0 Å². The highest BCUT2D eigenvalue weighted by Crippen LogP contribution is 2.00. The van der Waals surface area contributed by atoms with E-state index < -0.39 is 0 Å². The molecule has 0 bridgehead atoms. The molecule has 0 aliphatic heterocycles. The van der Waals surface area contributed by atoms with Gasteiger partial charge in [0.15, 0.2) is 0 Å². The fourth-order valence-corrected chi connectivity index (χ4v) is 2.12. The Morgan fingerprint density at radius 3 is 1.18 bits per heavy atom. The van der Waals surface area contributed by atoms with E-state index in [1.807, 2.05) is 0 Å². The van der Waals surface area contributed by atoms with Gasteiger partial charge < -0.3 is 17.0 Å². The van der Waals surface area contributed by atoms with Gasteiger partial charge in [0.25, 0.3) is 0 Å². The number of nitrogens with zero attached hydrogens (tertiary/aromatic N) is 3. The van der Waals surface area contributed by atoms with Crippen LogP contribution in [0.15, 0.2) is 0 Å². The summed E-state index contributed by atoms with van der Waals surface area (Å²) in [5.74, 6) is 1.40. The molecule has 0 rings (SSSR count). The molecule has 4 heteroatoms. The van der Waals surface area contributed by atoms with E-state index in [0.29, 0.717) is 0 Å². The standard InChI is InChI=1S/C13H30N3.BrH/c1-7-14(8-2)13(15(9-3)10-4)16(11-5)12-6;/h7-12H2,1-6H3;1H/q+1;/p-1. The third-order valence-electron chi connectivity index (χ3n) is 3.14. The fourth-order valence-electron chi connectivity index (χ4n) is 2.12. The van der Waals surface area contributed by atoms with Crippen molar-refractivity contribution in [2.24, 2.45) is 0 Å². The number of hydrogen-bond donors (Lipinski definition) is 0. The van der Waals surface area contributed by atoms with Crippen molar-refractivity contribution in [1.29, 1.82) is 0 Å². The summed E-state index contributed by atoms with van der Waals surface area (Å²) >= 11 is 0. The third kappa shape index (κ3) is 5.28. The van der Waals surface area contributed by atoms with E-state index in [4.69, 9.17) is 0 Å². The van der Waals surface area contributed by atoms with Crippen molar-refractivity contribution in [3.8, 4) is 0 Å². The zero-order valence-electron chi connectivity index (χ0n) is 12.5. The van der Waals surface area contributed by atoms with Gasteiger partial charge in [0.1, 0.15) is 0 Å². The summed E-state index contributed by atoms with van der Waals surface area (Å²) in [5.41, 5.74) is 0. The van der Waals surface area contributed by atoms with Crippen molar-refractivity contribution in [1.82, 2.24) is 9.80 Å². The predicted molar refractivity (Wildman–Crippen MR) is 72.2 cm³/mol. The Bertz CT molecular complexity index is 189. The first kappa shape index (κ1) is 19.1. The quantitative estimate of drug-likeness (QED) is 0.357. The fraction of sp³-hybridized carbons (Fsp3) is 0.923. The molecule has 17 heavy (non-hydrogen) atoms. The smallest absolute Gasteiger partial charge is 0.350 e. The largest absolute Gasteiger partial charge is 1.00 e. The summed E-state index contributed by atoms with van der Waals surface area (Å²) in [6.45, 7) is 19.9. The summed E-state index contributed by atoms with van der Waals surface area (Å²) in [7, 11) is 0. The number of guanidine groups is 1. The summed E-state index contributed by atoms with van der Waals surface area (Å²) in [6.07, 6.45) is 0. The lowest BCUT2D eigenvalue weighted by Crippen LogP contribution is -3.00. The number of halogens is 1. The van der Waals surface area contributed by atoms with E-state index in [0.717, 1.165) is 39.3 Å². The van der Waals surface area contributed by atoms with Gasteiger partial charge in [0.05, 0.1) is 39.3 Å². The Balaban J connectivity index is 0. The van der Waals surface area contributed by atoms with Crippen molar-refractivity contribution < 1.29 is 21.6 Å². The molecule has 0 heterocycles. The lowest BCUT2D eigenvalue weighted by molar-refractivity contribution is -0.531. The van der Waals surface area contributed by atoms with Gasteiger partial charge in [0.2, 0.25) is 0 Å². The van der Waals surface area contributed by atoms with Crippen molar-refractivity contribution in [2.75, 3.05) is 39.3 Å². The minimum atomic E-state index is 0. The van der Waals surface area contributed by atoms with Gasteiger partial charge in [-0.05, 0) is 41.5 Å². The maximum atomic E-state index is 2.46. The molecule has 3 nitrogen and oxygen atoms in total. The van der Waals surface area contributed by atoms with Gasteiger partial charge in [-0.1, -0.05) is 0 Å². The molecule has 0 aromatic carbocycles. The molecular weight excluding hydrogens is 278 g/mol. The zero-order valence-corrected chi connectivity index (χ0v) is 14.0. The minimum Gasteiger partial charge on any atom is -1.00 e. The van der Waals surface area contributed by atoms with Crippen LogP contribution in [0.1, 0.15) is 41.5 Å². The second-order valence-corrected chi connectivity index (χ2v) is 3.82. The van der Waals surface area contributed by atoms with Crippen molar-refractivity contribution in [3.63, 3.8) is 0 Å². The molecule has 0 aromatic heterocycles. The first-order valence-electron chi connectivity index (χ1n) is 6.81. The highest BCUT2D eigenvalue weighted by Gasteiger charge is 2.24. The van der Waals surface area contributed by atoms with Crippen LogP contribution in [-0.2, 0) is 0 Å². The molecule has 0 aliphatic carbocycles. The van der Waals surface area contributed by atoms with Crippen LogP contribution < -0.4 is 17.0 Å². The Morgan fingerprint density at radius 1 is 0.706 bits per heavy atom. The summed E-state index contributed by atoms with van der Waals surface area (Å²) in [4.78, 5) is 4.92. The van der Waals surface area contributed by atoms with Crippen molar-refractivity contribution >= 4 is 5.96 Å². The van der Waals surface area contributed by atoms with E-state index in [1.165, 1.54) is 5.96 Å². The van der Waals surface area contributed by atoms with E-state index >= 15 is 0 Å². The lowest BCUT2D eigenvalue weighted by Gasteiger charge is -2.27. The topological polar surface area (TPSA) is 9.49 Å². The molecule has 0 amide bonds. The van der Waals surface area contributed by atoms with Crippen LogP contribution in [0.25, 0.3) is 0 Å². The molecule has 0 atom stereocenters. The van der Waals surface area contributed by atoms with Gasteiger partial charge in [-0.25, -0.2) is 0 Å². The first-order chi connectivity index (χ1) is 7.69. The van der Waals surface area contributed by atoms with Crippen LogP contribution in [0, 0.1) is 0 Å². The highest BCUT2D eigenvalue weighted by molar-refractivity contribution is 5.75. The Kier molecular flexibility index (Phi) is 12.2. The highest BCUT2D eigenvalue weighted by atomic mass is 79.9. The Morgan fingerprint density at radius 2 is 1.00 bits per heavy atom. The van der Waals surface area contributed by atoms with Gasteiger partial charge in [0, 0.05) is 0 Å². The molecule has 0 radical (unpaired) electrons. The molecule has 0 saturated carbocycles. The third-order valence-corrected chi connectivity index (χ3v) is 3.14. The molecular formula is C13H30BrN3. The molecule has 0 N–H and O–H groups in total. The van der Waals surface area contributed by atoms with Crippen LogP contribution in [-0.4, -0.2) is 59.6 Å². The Hall–Kier alpha value is -0.250.